The zero-order valence-electron chi connectivity index (χ0n) is 22.4. The van der Waals surface area contributed by atoms with Gasteiger partial charge in [-0.25, -0.2) is 4.98 Å². The van der Waals surface area contributed by atoms with Gasteiger partial charge in [-0.15, -0.1) is 11.3 Å². The highest BCUT2D eigenvalue weighted by atomic mass is 32.1. The van der Waals surface area contributed by atoms with Crippen molar-refractivity contribution < 1.29 is 19.1 Å². The number of nitrogens with zero attached hydrogens (tertiary/aromatic N) is 5. The Morgan fingerprint density at radius 1 is 1.29 bits per heavy atom. The molecular formula is C26H35N7O4S. The van der Waals surface area contributed by atoms with Crippen LogP contribution in [-0.2, 0) is 25.7 Å². The van der Waals surface area contributed by atoms with Crippen molar-refractivity contribution >= 4 is 29.1 Å². The van der Waals surface area contributed by atoms with Gasteiger partial charge in [-0.2, -0.15) is 0 Å². The molecule has 0 aliphatic carbocycles. The number of benzene rings is 1. The fourth-order valence-corrected chi connectivity index (χ4v) is 5.20. The summed E-state index contributed by atoms with van der Waals surface area (Å²) < 4.78 is 5.80. The topological polar surface area (TPSA) is 149 Å². The maximum atomic E-state index is 13.6. The Bertz CT molecular complexity index is 1180. The van der Waals surface area contributed by atoms with E-state index in [2.05, 4.69) is 25.6 Å². The van der Waals surface area contributed by atoms with Gasteiger partial charge in [0.1, 0.15) is 12.1 Å². The molecule has 11 nitrogen and oxygen atoms in total. The highest BCUT2D eigenvalue weighted by Crippen LogP contribution is 2.28. The number of azide groups is 1. The van der Waals surface area contributed by atoms with Crippen LogP contribution in [0.1, 0.15) is 45.4 Å². The minimum atomic E-state index is -0.806. The smallest absolute Gasteiger partial charge is 0.246 e. The van der Waals surface area contributed by atoms with E-state index in [1.807, 2.05) is 57.5 Å². The van der Waals surface area contributed by atoms with Gasteiger partial charge in [-0.3, -0.25) is 14.4 Å². The van der Waals surface area contributed by atoms with Crippen LogP contribution in [0.3, 0.4) is 0 Å². The summed E-state index contributed by atoms with van der Waals surface area (Å²) in [6.45, 7) is 9.77. The number of likely N-dealkylation sites (tertiary alicyclic amines) is 1. The number of rotatable bonds is 10. The number of hydrogen-bond acceptors (Lipinski definition) is 7. The Balaban J connectivity index is 1.72. The van der Waals surface area contributed by atoms with Gasteiger partial charge in [-0.05, 0) is 29.0 Å². The second-order valence-electron chi connectivity index (χ2n) is 10.4. The highest BCUT2D eigenvalue weighted by molar-refractivity contribution is 7.13. The SMILES string of the molecule is CC(=O)NC(C(=O)N1CC(OCCN=[N+]=[N-])CC1C(=O)NCc1ccc(-c2scnc2C)cc1)C(C)(C)C. The van der Waals surface area contributed by atoms with Crippen LogP contribution in [0.5, 0.6) is 0 Å². The van der Waals surface area contributed by atoms with E-state index in [0.717, 1.165) is 21.7 Å². The number of nitrogens with one attached hydrogen (secondary N) is 2. The number of carbonyl (C=O) groups excluding carboxylic acids is 3. The van der Waals surface area contributed by atoms with Crippen LogP contribution in [0.25, 0.3) is 20.9 Å². The first-order valence-corrected chi connectivity index (χ1v) is 13.4. The molecule has 1 aromatic heterocycles. The third-order valence-electron chi connectivity index (χ3n) is 6.35. The Morgan fingerprint density at radius 2 is 2.00 bits per heavy atom. The molecule has 1 aliphatic rings. The molecule has 1 aromatic carbocycles. The maximum Gasteiger partial charge on any atom is 0.246 e. The van der Waals surface area contributed by atoms with Gasteiger partial charge >= 0.3 is 0 Å². The molecule has 3 atom stereocenters. The standard InChI is InChI=1S/C26H35N7O4S/c1-16-22(38-15-29-16)19-8-6-18(7-9-19)13-28-24(35)21-12-20(37-11-10-30-32-27)14-33(21)25(36)23(26(3,4)5)31-17(2)34/h6-9,15,20-21,23H,10-14H2,1-5H3,(H,28,35)(H,31,34). The lowest BCUT2D eigenvalue weighted by molar-refractivity contribution is -0.143. The third-order valence-corrected chi connectivity index (χ3v) is 7.32. The van der Waals surface area contributed by atoms with Crippen molar-refractivity contribution in [3.63, 3.8) is 0 Å². The molecule has 1 saturated heterocycles. The summed E-state index contributed by atoms with van der Waals surface area (Å²) in [6.07, 6.45) is -0.0996. The number of aryl methyl sites for hydroxylation is 1. The first-order chi connectivity index (χ1) is 18.0. The van der Waals surface area contributed by atoms with Gasteiger partial charge in [0.25, 0.3) is 0 Å². The lowest BCUT2D eigenvalue weighted by atomic mass is 9.85. The predicted octanol–water partition coefficient (Wildman–Crippen LogP) is 3.58. The summed E-state index contributed by atoms with van der Waals surface area (Å²) in [4.78, 5) is 48.4. The molecule has 204 valence electrons. The van der Waals surface area contributed by atoms with Crippen molar-refractivity contribution in [3.8, 4) is 10.4 Å². The third kappa shape index (κ3) is 7.53. The van der Waals surface area contributed by atoms with Gasteiger partial charge in [0, 0.05) is 37.9 Å². The molecule has 3 unspecified atom stereocenters. The van der Waals surface area contributed by atoms with Crippen LogP contribution in [0.4, 0.5) is 0 Å². The fourth-order valence-electron chi connectivity index (χ4n) is 4.39. The molecule has 0 spiro atoms. The molecule has 1 aliphatic heterocycles. The first kappa shape index (κ1) is 29.1. The van der Waals surface area contributed by atoms with E-state index in [9.17, 15) is 14.4 Å². The first-order valence-electron chi connectivity index (χ1n) is 12.5. The van der Waals surface area contributed by atoms with Gasteiger partial charge in [0.15, 0.2) is 0 Å². The Labute approximate surface area is 226 Å². The van der Waals surface area contributed by atoms with Crippen molar-refractivity contribution in [3.05, 3.63) is 51.5 Å². The molecule has 12 heteroatoms. The minimum Gasteiger partial charge on any atom is -0.376 e. The molecule has 0 saturated carbocycles. The van der Waals surface area contributed by atoms with Crippen LogP contribution in [0.15, 0.2) is 34.9 Å². The Kier molecular flexibility index (Phi) is 9.84. The monoisotopic (exact) mass is 541 g/mol. The van der Waals surface area contributed by atoms with E-state index in [0.29, 0.717) is 13.0 Å². The van der Waals surface area contributed by atoms with Crippen LogP contribution < -0.4 is 10.6 Å². The lowest BCUT2D eigenvalue weighted by Crippen LogP contribution is -2.57. The van der Waals surface area contributed by atoms with E-state index in [-0.39, 0.29) is 37.4 Å². The van der Waals surface area contributed by atoms with Crippen LogP contribution in [-0.4, -0.2) is 65.5 Å². The van der Waals surface area contributed by atoms with Crippen molar-refractivity contribution in [2.75, 3.05) is 19.7 Å². The molecule has 3 amide bonds. The Morgan fingerprint density at radius 3 is 2.58 bits per heavy atom. The van der Waals surface area contributed by atoms with Crippen molar-refractivity contribution in [2.24, 2.45) is 10.5 Å². The summed E-state index contributed by atoms with van der Waals surface area (Å²) in [5.41, 5.74) is 12.7. The zero-order chi connectivity index (χ0) is 27.9. The van der Waals surface area contributed by atoms with Gasteiger partial charge in [0.2, 0.25) is 17.7 Å². The number of amides is 3. The van der Waals surface area contributed by atoms with E-state index in [4.69, 9.17) is 10.3 Å². The predicted molar refractivity (Wildman–Crippen MR) is 145 cm³/mol. The summed E-state index contributed by atoms with van der Waals surface area (Å²) in [5.74, 6) is -0.951. The average molecular weight is 542 g/mol. The van der Waals surface area contributed by atoms with E-state index >= 15 is 0 Å². The molecule has 38 heavy (non-hydrogen) atoms. The van der Waals surface area contributed by atoms with Crippen molar-refractivity contribution in [1.82, 2.24) is 20.5 Å². The molecule has 2 aromatic rings. The van der Waals surface area contributed by atoms with Crippen LogP contribution >= 0.6 is 11.3 Å². The fraction of sp³-hybridized carbons (Fsp3) is 0.538. The second-order valence-corrected chi connectivity index (χ2v) is 11.2. The van der Waals surface area contributed by atoms with E-state index in [1.165, 1.54) is 11.8 Å². The minimum absolute atomic E-state index is 0.158. The maximum absolute atomic E-state index is 13.6. The molecule has 0 radical (unpaired) electrons. The van der Waals surface area contributed by atoms with E-state index < -0.39 is 23.6 Å². The van der Waals surface area contributed by atoms with Crippen LogP contribution in [0, 0.1) is 12.3 Å². The number of carbonyl (C=O) groups is 3. The summed E-state index contributed by atoms with van der Waals surface area (Å²) in [5, 5.41) is 9.17. The molecule has 0 bridgehead atoms. The number of ether oxygens (including phenoxy) is 1. The number of thiazole rings is 1. The van der Waals surface area contributed by atoms with Gasteiger partial charge in [-0.1, -0.05) is 50.2 Å². The molecule has 2 N–H and O–H groups in total. The highest BCUT2D eigenvalue weighted by Gasteiger charge is 2.44. The zero-order valence-corrected chi connectivity index (χ0v) is 23.2. The molecule has 1 fully saturated rings. The van der Waals surface area contributed by atoms with Crippen LogP contribution in [0.2, 0.25) is 0 Å². The Hall–Kier alpha value is -3.47. The number of hydrogen-bond donors (Lipinski definition) is 2. The van der Waals surface area contributed by atoms with Crippen molar-refractivity contribution in [2.45, 2.75) is 65.8 Å². The molecule has 3 rings (SSSR count). The number of aromatic nitrogens is 1. The average Bonchev–Trinajstić information content (AvgIpc) is 3.49. The summed E-state index contributed by atoms with van der Waals surface area (Å²) in [6, 6.07) is 6.36. The normalized spacial score (nSPS) is 18.0. The summed E-state index contributed by atoms with van der Waals surface area (Å²) in [7, 11) is 0. The van der Waals surface area contributed by atoms with Gasteiger partial charge in [0.05, 0.1) is 28.8 Å². The molecular weight excluding hydrogens is 506 g/mol. The van der Waals surface area contributed by atoms with Gasteiger partial charge < -0.3 is 20.3 Å². The summed E-state index contributed by atoms with van der Waals surface area (Å²) >= 11 is 1.58. The van der Waals surface area contributed by atoms with Crippen molar-refractivity contribution in [1.29, 1.82) is 0 Å². The largest absolute Gasteiger partial charge is 0.376 e. The second kappa shape index (κ2) is 12.9. The van der Waals surface area contributed by atoms with E-state index in [1.54, 1.807) is 11.3 Å². The quantitative estimate of drug-likeness (QED) is 0.204. The molecule has 2 heterocycles. The lowest BCUT2D eigenvalue weighted by Gasteiger charge is -2.35.